The molecular formula is C20H20N2O3. The van der Waals surface area contributed by atoms with Crippen LogP contribution >= 0.6 is 0 Å². The second kappa shape index (κ2) is 8.32. The van der Waals surface area contributed by atoms with E-state index in [9.17, 15) is 4.79 Å². The molecule has 1 amide bonds. The van der Waals surface area contributed by atoms with E-state index in [1.54, 1.807) is 24.3 Å². The van der Waals surface area contributed by atoms with Crippen molar-refractivity contribution in [2.45, 2.75) is 25.5 Å². The maximum absolute atomic E-state index is 12.1. The molecule has 1 atom stereocenters. The summed E-state index contributed by atoms with van der Waals surface area (Å²) in [5.74, 6) is 0.640. The summed E-state index contributed by atoms with van der Waals surface area (Å²) in [6, 6.07) is 16.3. The molecule has 2 aromatic rings. The Bertz CT molecular complexity index is 742. The minimum atomic E-state index is -0.164. The van der Waals surface area contributed by atoms with Gasteiger partial charge < -0.3 is 14.8 Å². The molecule has 1 N–H and O–H groups in total. The Hall–Kier alpha value is -2.84. The first-order valence-electron chi connectivity index (χ1n) is 8.36. The first kappa shape index (κ1) is 17.0. The summed E-state index contributed by atoms with van der Waals surface area (Å²) in [5, 5.41) is 11.6. The van der Waals surface area contributed by atoms with Crippen molar-refractivity contribution in [3.63, 3.8) is 0 Å². The highest BCUT2D eigenvalue weighted by atomic mass is 16.5. The fourth-order valence-electron chi connectivity index (χ4n) is 2.65. The van der Waals surface area contributed by atoms with E-state index in [-0.39, 0.29) is 12.0 Å². The summed E-state index contributed by atoms with van der Waals surface area (Å²) in [7, 11) is 0. The third kappa shape index (κ3) is 4.82. The summed E-state index contributed by atoms with van der Waals surface area (Å²) < 4.78 is 11.3. The highest BCUT2D eigenvalue weighted by Crippen LogP contribution is 2.16. The number of hydrogen-bond donors (Lipinski definition) is 1. The average Bonchev–Trinajstić information content (AvgIpc) is 3.19. The lowest BCUT2D eigenvalue weighted by Crippen LogP contribution is -2.22. The number of nitrogens with zero attached hydrogens (tertiary/aromatic N) is 1. The number of benzene rings is 2. The molecule has 1 aliphatic heterocycles. The predicted molar refractivity (Wildman–Crippen MR) is 93.2 cm³/mol. The largest absolute Gasteiger partial charge is 0.491 e. The molecule has 5 nitrogen and oxygen atoms in total. The molecule has 0 saturated carbocycles. The van der Waals surface area contributed by atoms with Crippen molar-refractivity contribution in [2.24, 2.45) is 0 Å². The minimum absolute atomic E-state index is 0.164. The zero-order valence-electron chi connectivity index (χ0n) is 13.9. The van der Waals surface area contributed by atoms with Gasteiger partial charge in [0.2, 0.25) is 0 Å². The molecule has 0 aliphatic carbocycles. The topological polar surface area (TPSA) is 71.4 Å². The molecule has 1 saturated heterocycles. The van der Waals surface area contributed by atoms with E-state index in [1.807, 2.05) is 30.3 Å². The smallest absolute Gasteiger partial charge is 0.251 e. The van der Waals surface area contributed by atoms with Crippen molar-refractivity contribution in [1.29, 1.82) is 5.26 Å². The van der Waals surface area contributed by atoms with E-state index in [4.69, 9.17) is 14.7 Å². The summed E-state index contributed by atoms with van der Waals surface area (Å²) in [5.41, 5.74) is 2.07. The predicted octanol–water partition coefficient (Wildman–Crippen LogP) is 3.05. The van der Waals surface area contributed by atoms with Crippen LogP contribution in [0.15, 0.2) is 48.5 Å². The summed E-state index contributed by atoms with van der Waals surface area (Å²) in [6.45, 7) is 1.84. The van der Waals surface area contributed by atoms with Gasteiger partial charge in [-0.15, -0.1) is 0 Å². The Kier molecular flexibility index (Phi) is 5.65. The number of hydrogen-bond acceptors (Lipinski definition) is 4. The van der Waals surface area contributed by atoms with E-state index in [2.05, 4.69) is 5.32 Å². The van der Waals surface area contributed by atoms with Gasteiger partial charge in [0.15, 0.2) is 0 Å². The van der Waals surface area contributed by atoms with Gasteiger partial charge in [0.1, 0.15) is 12.4 Å². The number of rotatable bonds is 6. The number of ether oxygens (including phenoxy) is 2. The lowest BCUT2D eigenvalue weighted by molar-refractivity contribution is 0.0679. The molecule has 0 radical (unpaired) electrons. The van der Waals surface area contributed by atoms with Crippen molar-refractivity contribution in [1.82, 2.24) is 5.32 Å². The van der Waals surface area contributed by atoms with Crippen LogP contribution in [0.1, 0.15) is 34.3 Å². The summed E-state index contributed by atoms with van der Waals surface area (Å²) in [4.78, 5) is 12.1. The molecule has 128 valence electrons. The van der Waals surface area contributed by atoms with E-state index in [0.29, 0.717) is 24.3 Å². The number of amides is 1. The maximum Gasteiger partial charge on any atom is 0.251 e. The second-order valence-corrected chi connectivity index (χ2v) is 5.96. The summed E-state index contributed by atoms with van der Waals surface area (Å²) in [6.07, 6.45) is 2.36. The molecule has 5 heteroatoms. The number of carbonyl (C=O) groups excluding carboxylic acids is 1. The molecule has 0 spiro atoms. The summed E-state index contributed by atoms with van der Waals surface area (Å²) >= 11 is 0. The lowest BCUT2D eigenvalue weighted by Gasteiger charge is -2.12. The van der Waals surface area contributed by atoms with E-state index >= 15 is 0 Å². The molecular weight excluding hydrogens is 316 g/mol. The van der Waals surface area contributed by atoms with Crippen molar-refractivity contribution < 1.29 is 14.3 Å². The van der Waals surface area contributed by atoms with Gasteiger partial charge in [-0.2, -0.15) is 5.26 Å². The van der Waals surface area contributed by atoms with Gasteiger partial charge in [-0.25, -0.2) is 0 Å². The van der Waals surface area contributed by atoms with E-state index < -0.39 is 0 Å². The second-order valence-electron chi connectivity index (χ2n) is 5.96. The zero-order valence-corrected chi connectivity index (χ0v) is 13.9. The van der Waals surface area contributed by atoms with Crippen LogP contribution in [-0.4, -0.2) is 25.2 Å². The fraction of sp³-hybridized carbons (Fsp3) is 0.300. The van der Waals surface area contributed by atoms with E-state index in [0.717, 1.165) is 30.8 Å². The monoisotopic (exact) mass is 336 g/mol. The van der Waals surface area contributed by atoms with Crippen LogP contribution in [0.25, 0.3) is 0 Å². The molecule has 3 rings (SSSR count). The van der Waals surface area contributed by atoms with E-state index in [1.165, 1.54) is 0 Å². The first-order valence-corrected chi connectivity index (χ1v) is 8.36. The lowest BCUT2D eigenvalue weighted by atomic mass is 10.1. The molecule has 1 heterocycles. The van der Waals surface area contributed by atoms with Crippen LogP contribution in [0.3, 0.4) is 0 Å². The Morgan fingerprint density at radius 3 is 2.60 bits per heavy atom. The van der Waals surface area contributed by atoms with Crippen LogP contribution in [0, 0.1) is 11.3 Å². The van der Waals surface area contributed by atoms with Crippen molar-refractivity contribution in [3.8, 4) is 11.8 Å². The molecule has 2 aromatic carbocycles. The molecule has 0 bridgehead atoms. The van der Waals surface area contributed by atoms with Crippen LogP contribution in [0.2, 0.25) is 0 Å². The van der Waals surface area contributed by atoms with Gasteiger partial charge in [0.05, 0.1) is 17.7 Å². The van der Waals surface area contributed by atoms with Crippen LogP contribution in [0.4, 0.5) is 0 Å². The molecule has 0 aromatic heterocycles. The van der Waals surface area contributed by atoms with Crippen molar-refractivity contribution in [3.05, 3.63) is 65.2 Å². The van der Waals surface area contributed by atoms with Crippen molar-refractivity contribution in [2.75, 3.05) is 13.2 Å². The standard InChI is InChI=1S/C20H20N2O3/c21-12-15-3-7-17(8-4-15)20(23)22-13-16-5-9-18(10-6-16)25-14-19-2-1-11-24-19/h3-10,19H,1-2,11,13-14H2,(H,22,23). The number of carbonyl (C=O) groups is 1. The van der Waals surface area contributed by atoms with Crippen LogP contribution < -0.4 is 10.1 Å². The fourth-order valence-corrected chi connectivity index (χ4v) is 2.65. The van der Waals surface area contributed by atoms with Gasteiger partial charge in [-0.1, -0.05) is 12.1 Å². The quantitative estimate of drug-likeness (QED) is 0.880. The third-order valence-electron chi connectivity index (χ3n) is 4.11. The molecule has 1 aliphatic rings. The SMILES string of the molecule is N#Cc1ccc(C(=O)NCc2ccc(OCC3CCCO3)cc2)cc1. The van der Waals surface area contributed by atoms with Crippen LogP contribution in [-0.2, 0) is 11.3 Å². The Morgan fingerprint density at radius 1 is 1.20 bits per heavy atom. The maximum atomic E-state index is 12.1. The molecule has 1 fully saturated rings. The van der Waals surface area contributed by atoms with Gasteiger partial charge in [0, 0.05) is 18.7 Å². The average molecular weight is 336 g/mol. The van der Waals surface area contributed by atoms with Gasteiger partial charge in [0.25, 0.3) is 5.91 Å². The van der Waals surface area contributed by atoms with Crippen LogP contribution in [0.5, 0.6) is 5.75 Å². The van der Waals surface area contributed by atoms with Gasteiger partial charge in [-0.05, 0) is 54.8 Å². The van der Waals surface area contributed by atoms with Gasteiger partial charge >= 0.3 is 0 Å². The molecule has 25 heavy (non-hydrogen) atoms. The first-order chi connectivity index (χ1) is 12.2. The Labute approximate surface area is 147 Å². The number of nitrogens with one attached hydrogen (secondary N) is 1. The highest BCUT2D eigenvalue weighted by molar-refractivity contribution is 5.94. The van der Waals surface area contributed by atoms with Gasteiger partial charge in [-0.3, -0.25) is 4.79 Å². The molecule has 1 unspecified atom stereocenters. The third-order valence-corrected chi connectivity index (χ3v) is 4.11. The number of nitriles is 1. The Morgan fingerprint density at radius 2 is 1.96 bits per heavy atom. The van der Waals surface area contributed by atoms with Crippen molar-refractivity contribution >= 4 is 5.91 Å². The zero-order chi connectivity index (χ0) is 17.5. The minimum Gasteiger partial charge on any atom is -0.491 e. The normalized spacial score (nSPS) is 16.2. The highest BCUT2D eigenvalue weighted by Gasteiger charge is 2.15. The Balaban J connectivity index is 1.47.